The van der Waals surface area contributed by atoms with E-state index in [4.69, 9.17) is 0 Å². The van der Waals surface area contributed by atoms with E-state index in [2.05, 4.69) is 69.9 Å². The van der Waals surface area contributed by atoms with Crippen LogP contribution in [0.1, 0.15) is 10.4 Å². The van der Waals surface area contributed by atoms with E-state index in [0.717, 1.165) is 43.3 Å². The Kier molecular flexibility index (Phi) is 4.62. The third-order valence-corrected chi connectivity index (χ3v) is 5.92. The zero-order chi connectivity index (χ0) is 18.3. The second-order valence-corrected chi connectivity index (χ2v) is 8.48. The second-order valence-electron chi connectivity index (χ2n) is 6.03. The van der Waals surface area contributed by atoms with Crippen molar-refractivity contribution in [3.05, 3.63) is 68.6 Å². The molecule has 0 aliphatic heterocycles. The lowest BCUT2D eigenvalue weighted by atomic mass is 10.0. The first-order valence-electron chi connectivity index (χ1n) is 8.06. The molecule has 2 aromatic carbocycles. The molecule has 0 bridgehead atoms. The standard InChI is InChI=1S/C20H15FIN3S/c1-11-9-15(22)7-8-16(11)25-19-18-17(13-3-5-14(21)6-4-13)12(2)26-20(18)24-10-23-19/h3-10H,1-2H3,(H,23,24,25). The predicted molar refractivity (Wildman–Crippen MR) is 115 cm³/mol. The van der Waals surface area contributed by atoms with E-state index >= 15 is 0 Å². The fourth-order valence-corrected chi connectivity index (χ4v) is 4.66. The van der Waals surface area contributed by atoms with E-state index in [-0.39, 0.29) is 5.82 Å². The summed E-state index contributed by atoms with van der Waals surface area (Å²) in [6, 6.07) is 12.8. The number of nitrogens with zero attached hydrogens (tertiary/aromatic N) is 2. The van der Waals surface area contributed by atoms with Crippen molar-refractivity contribution in [3.8, 4) is 11.1 Å². The molecule has 6 heteroatoms. The van der Waals surface area contributed by atoms with Crippen LogP contribution in [0.25, 0.3) is 21.3 Å². The highest BCUT2D eigenvalue weighted by Crippen LogP contribution is 2.41. The summed E-state index contributed by atoms with van der Waals surface area (Å²) >= 11 is 3.93. The number of hydrogen-bond donors (Lipinski definition) is 1. The van der Waals surface area contributed by atoms with Crippen LogP contribution < -0.4 is 5.32 Å². The number of rotatable bonds is 3. The van der Waals surface area contributed by atoms with Gasteiger partial charge in [-0.2, -0.15) is 0 Å². The summed E-state index contributed by atoms with van der Waals surface area (Å²) in [5.74, 6) is 0.526. The van der Waals surface area contributed by atoms with E-state index in [1.165, 1.54) is 15.7 Å². The summed E-state index contributed by atoms with van der Waals surface area (Å²) < 4.78 is 14.5. The monoisotopic (exact) mass is 475 g/mol. The molecule has 0 fully saturated rings. The molecule has 0 aliphatic rings. The Bertz CT molecular complexity index is 1110. The first-order chi connectivity index (χ1) is 12.5. The molecule has 0 saturated heterocycles. The summed E-state index contributed by atoms with van der Waals surface area (Å²) in [7, 11) is 0. The molecular weight excluding hydrogens is 460 g/mol. The number of fused-ring (bicyclic) bond motifs is 1. The molecule has 4 rings (SSSR count). The zero-order valence-electron chi connectivity index (χ0n) is 14.2. The minimum Gasteiger partial charge on any atom is -0.339 e. The molecule has 0 spiro atoms. The van der Waals surface area contributed by atoms with Crippen LogP contribution >= 0.6 is 33.9 Å². The lowest BCUT2D eigenvalue weighted by molar-refractivity contribution is 0.628. The number of benzene rings is 2. The quantitative estimate of drug-likeness (QED) is 0.346. The highest BCUT2D eigenvalue weighted by molar-refractivity contribution is 14.1. The van der Waals surface area contributed by atoms with Gasteiger partial charge in [-0.25, -0.2) is 14.4 Å². The summed E-state index contributed by atoms with van der Waals surface area (Å²) in [5, 5.41) is 4.43. The van der Waals surface area contributed by atoms with Crippen LogP contribution in [0, 0.1) is 23.2 Å². The first kappa shape index (κ1) is 17.4. The average molecular weight is 475 g/mol. The highest BCUT2D eigenvalue weighted by atomic mass is 127. The van der Waals surface area contributed by atoms with E-state index in [1.807, 2.05) is 0 Å². The largest absolute Gasteiger partial charge is 0.339 e. The van der Waals surface area contributed by atoms with E-state index in [9.17, 15) is 4.39 Å². The van der Waals surface area contributed by atoms with Gasteiger partial charge in [0.1, 0.15) is 22.8 Å². The van der Waals surface area contributed by atoms with Crippen LogP contribution in [-0.2, 0) is 0 Å². The van der Waals surface area contributed by atoms with Gasteiger partial charge in [-0.15, -0.1) is 11.3 Å². The molecule has 1 N–H and O–H groups in total. The van der Waals surface area contributed by atoms with Gasteiger partial charge in [0.15, 0.2) is 0 Å². The molecule has 2 aromatic heterocycles. The molecule has 130 valence electrons. The number of hydrogen-bond acceptors (Lipinski definition) is 4. The fraction of sp³-hybridized carbons (Fsp3) is 0.100. The van der Waals surface area contributed by atoms with Gasteiger partial charge < -0.3 is 5.32 Å². The van der Waals surface area contributed by atoms with Crippen molar-refractivity contribution in [2.75, 3.05) is 5.32 Å². The molecule has 0 aliphatic carbocycles. The summed E-state index contributed by atoms with van der Waals surface area (Å²) in [6.07, 6.45) is 1.58. The summed E-state index contributed by atoms with van der Waals surface area (Å²) in [5.41, 5.74) is 4.18. The SMILES string of the molecule is Cc1cc(I)ccc1Nc1ncnc2sc(C)c(-c3ccc(F)cc3)c12. The van der Waals surface area contributed by atoms with Gasteiger partial charge in [0.25, 0.3) is 0 Å². The number of thiophene rings is 1. The minimum absolute atomic E-state index is 0.241. The summed E-state index contributed by atoms with van der Waals surface area (Å²) in [4.78, 5) is 11.0. The molecule has 4 aromatic rings. The average Bonchev–Trinajstić information content (AvgIpc) is 2.95. The summed E-state index contributed by atoms with van der Waals surface area (Å²) in [6.45, 7) is 4.13. The van der Waals surface area contributed by atoms with Crippen LogP contribution in [-0.4, -0.2) is 9.97 Å². The van der Waals surface area contributed by atoms with Gasteiger partial charge in [-0.1, -0.05) is 12.1 Å². The Labute approximate surface area is 168 Å². The normalized spacial score (nSPS) is 11.1. The van der Waals surface area contributed by atoms with Gasteiger partial charge >= 0.3 is 0 Å². The van der Waals surface area contributed by atoms with E-state index < -0.39 is 0 Å². The smallest absolute Gasteiger partial charge is 0.143 e. The minimum atomic E-state index is -0.241. The van der Waals surface area contributed by atoms with Crippen LogP contribution in [0.5, 0.6) is 0 Å². The first-order valence-corrected chi connectivity index (χ1v) is 9.95. The maximum absolute atomic E-state index is 13.4. The van der Waals surface area contributed by atoms with Crippen LogP contribution in [0.2, 0.25) is 0 Å². The number of halogens is 2. The maximum atomic E-state index is 13.4. The van der Waals surface area contributed by atoms with E-state index in [0.29, 0.717) is 0 Å². The van der Waals surface area contributed by atoms with Crippen LogP contribution in [0.4, 0.5) is 15.9 Å². The van der Waals surface area contributed by atoms with Crippen molar-refractivity contribution >= 4 is 55.6 Å². The van der Waals surface area contributed by atoms with Gasteiger partial charge in [0.2, 0.25) is 0 Å². The highest BCUT2D eigenvalue weighted by Gasteiger charge is 2.17. The van der Waals surface area contributed by atoms with Crippen molar-refractivity contribution in [1.29, 1.82) is 0 Å². The van der Waals surface area contributed by atoms with Crippen LogP contribution in [0.15, 0.2) is 48.8 Å². The van der Waals surface area contributed by atoms with Gasteiger partial charge in [0.05, 0.1) is 5.39 Å². The Balaban J connectivity index is 1.89. The van der Waals surface area contributed by atoms with Gasteiger partial charge in [-0.05, 0) is 77.9 Å². The molecule has 0 saturated carbocycles. The molecule has 0 unspecified atom stereocenters. The number of anilines is 2. The number of aromatic nitrogens is 2. The molecule has 0 atom stereocenters. The van der Waals surface area contributed by atoms with Crippen molar-refractivity contribution in [1.82, 2.24) is 9.97 Å². The number of nitrogens with one attached hydrogen (secondary N) is 1. The fourth-order valence-electron chi connectivity index (χ4n) is 3.00. The van der Waals surface area contributed by atoms with Crippen molar-refractivity contribution < 1.29 is 4.39 Å². The number of aryl methyl sites for hydroxylation is 2. The van der Waals surface area contributed by atoms with Crippen molar-refractivity contribution in [2.24, 2.45) is 0 Å². The Morgan fingerprint density at radius 3 is 2.54 bits per heavy atom. The lowest BCUT2D eigenvalue weighted by Crippen LogP contribution is -1.98. The molecule has 26 heavy (non-hydrogen) atoms. The van der Waals surface area contributed by atoms with Gasteiger partial charge in [0, 0.05) is 19.7 Å². The molecular formula is C20H15FIN3S. The predicted octanol–water partition coefficient (Wildman–Crippen LogP) is 6.46. The van der Waals surface area contributed by atoms with Crippen molar-refractivity contribution in [3.63, 3.8) is 0 Å². The van der Waals surface area contributed by atoms with E-state index in [1.54, 1.807) is 29.8 Å². The Morgan fingerprint density at radius 2 is 1.81 bits per heavy atom. The molecule has 3 nitrogen and oxygen atoms in total. The Hall–Kier alpha value is -2.06. The van der Waals surface area contributed by atoms with Gasteiger partial charge in [-0.3, -0.25) is 0 Å². The molecule has 0 radical (unpaired) electrons. The second kappa shape index (κ2) is 6.92. The third kappa shape index (κ3) is 3.19. The topological polar surface area (TPSA) is 37.8 Å². The third-order valence-electron chi connectivity index (χ3n) is 4.24. The maximum Gasteiger partial charge on any atom is 0.143 e. The molecule has 2 heterocycles. The molecule has 0 amide bonds. The van der Waals surface area contributed by atoms with Crippen molar-refractivity contribution in [2.45, 2.75) is 13.8 Å². The van der Waals surface area contributed by atoms with Crippen LogP contribution in [0.3, 0.4) is 0 Å². The zero-order valence-corrected chi connectivity index (χ0v) is 17.2. The lowest BCUT2D eigenvalue weighted by Gasteiger charge is -2.11. The Morgan fingerprint density at radius 1 is 1.04 bits per heavy atom.